The Balaban J connectivity index is 1.71. The van der Waals surface area contributed by atoms with Crippen molar-refractivity contribution in [3.63, 3.8) is 0 Å². The van der Waals surface area contributed by atoms with Crippen molar-refractivity contribution in [3.8, 4) is 0 Å². The number of thioether (sulfide) groups is 1. The van der Waals surface area contributed by atoms with Crippen molar-refractivity contribution in [1.29, 1.82) is 0 Å². The summed E-state index contributed by atoms with van der Waals surface area (Å²) in [5.74, 6) is 2.63. The van der Waals surface area contributed by atoms with Gasteiger partial charge in [-0.05, 0) is 57.0 Å². The molecule has 20 heavy (non-hydrogen) atoms. The SMILES string of the molecule is CC(C)C1CCCN(C(=O)CSC2CCNCC2)CC1. The zero-order chi connectivity index (χ0) is 14.4. The smallest absolute Gasteiger partial charge is 0.232 e. The summed E-state index contributed by atoms with van der Waals surface area (Å²) in [5, 5.41) is 4.07. The van der Waals surface area contributed by atoms with Crippen LogP contribution in [0.4, 0.5) is 0 Å². The third-order valence-electron chi connectivity index (χ3n) is 4.80. The zero-order valence-corrected chi connectivity index (χ0v) is 13.9. The van der Waals surface area contributed by atoms with Crippen molar-refractivity contribution >= 4 is 17.7 Å². The van der Waals surface area contributed by atoms with Gasteiger partial charge in [-0.25, -0.2) is 0 Å². The monoisotopic (exact) mass is 298 g/mol. The molecule has 1 N–H and O–H groups in total. The summed E-state index contributed by atoms with van der Waals surface area (Å²) in [4.78, 5) is 14.5. The van der Waals surface area contributed by atoms with Crippen LogP contribution in [-0.4, -0.2) is 48.0 Å². The molecule has 116 valence electrons. The number of nitrogens with zero attached hydrogens (tertiary/aromatic N) is 1. The van der Waals surface area contributed by atoms with Crippen molar-refractivity contribution in [2.45, 2.75) is 51.2 Å². The molecule has 1 amide bonds. The third-order valence-corrected chi connectivity index (χ3v) is 6.15. The van der Waals surface area contributed by atoms with E-state index < -0.39 is 0 Å². The Morgan fingerprint density at radius 1 is 1.20 bits per heavy atom. The second kappa shape index (κ2) is 8.28. The molecule has 2 fully saturated rings. The van der Waals surface area contributed by atoms with Gasteiger partial charge in [-0.1, -0.05) is 13.8 Å². The summed E-state index contributed by atoms with van der Waals surface area (Å²) in [6.07, 6.45) is 6.11. The molecule has 1 unspecified atom stereocenters. The summed E-state index contributed by atoms with van der Waals surface area (Å²) < 4.78 is 0. The van der Waals surface area contributed by atoms with Gasteiger partial charge in [-0.2, -0.15) is 0 Å². The normalized spacial score (nSPS) is 25.8. The van der Waals surface area contributed by atoms with Crippen LogP contribution in [0.15, 0.2) is 0 Å². The summed E-state index contributed by atoms with van der Waals surface area (Å²) in [7, 11) is 0. The highest BCUT2D eigenvalue weighted by Crippen LogP contribution is 2.25. The van der Waals surface area contributed by atoms with E-state index in [0.717, 1.165) is 38.0 Å². The van der Waals surface area contributed by atoms with Crippen LogP contribution in [-0.2, 0) is 4.79 Å². The third kappa shape index (κ3) is 4.96. The van der Waals surface area contributed by atoms with E-state index in [1.165, 1.54) is 32.1 Å². The van der Waals surface area contributed by atoms with Crippen LogP contribution in [0.5, 0.6) is 0 Å². The molecular formula is C16H30N2OS. The van der Waals surface area contributed by atoms with Crippen molar-refractivity contribution < 1.29 is 4.79 Å². The Morgan fingerprint density at radius 2 is 1.95 bits per heavy atom. The first-order chi connectivity index (χ1) is 9.66. The number of rotatable bonds is 4. The molecule has 2 aliphatic heterocycles. The van der Waals surface area contributed by atoms with Gasteiger partial charge in [0.15, 0.2) is 0 Å². The predicted octanol–water partition coefficient (Wildman–Crippen LogP) is 2.76. The van der Waals surface area contributed by atoms with Gasteiger partial charge < -0.3 is 10.2 Å². The largest absolute Gasteiger partial charge is 0.342 e. The van der Waals surface area contributed by atoms with Crippen molar-refractivity contribution in [2.24, 2.45) is 11.8 Å². The van der Waals surface area contributed by atoms with Gasteiger partial charge in [-0.15, -0.1) is 11.8 Å². The number of likely N-dealkylation sites (tertiary alicyclic amines) is 1. The number of carbonyl (C=O) groups is 1. The maximum absolute atomic E-state index is 12.4. The van der Waals surface area contributed by atoms with Gasteiger partial charge in [0.25, 0.3) is 0 Å². The van der Waals surface area contributed by atoms with Crippen LogP contribution in [0.25, 0.3) is 0 Å². The Kier molecular flexibility index (Phi) is 6.69. The zero-order valence-electron chi connectivity index (χ0n) is 13.1. The fourth-order valence-electron chi connectivity index (χ4n) is 3.28. The number of nitrogens with one attached hydrogen (secondary N) is 1. The highest BCUT2D eigenvalue weighted by molar-refractivity contribution is 8.00. The number of carbonyl (C=O) groups excluding carboxylic acids is 1. The average Bonchev–Trinajstić information content (AvgIpc) is 2.72. The number of hydrogen-bond acceptors (Lipinski definition) is 3. The summed E-state index contributed by atoms with van der Waals surface area (Å²) in [5.41, 5.74) is 0. The van der Waals surface area contributed by atoms with Crippen molar-refractivity contribution in [1.82, 2.24) is 10.2 Å². The van der Waals surface area contributed by atoms with Crippen molar-refractivity contribution in [2.75, 3.05) is 31.9 Å². The average molecular weight is 298 g/mol. The Labute approximate surface area is 128 Å². The highest BCUT2D eigenvalue weighted by atomic mass is 32.2. The fraction of sp³-hybridized carbons (Fsp3) is 0.938. The van der Waals surface area contributed by atoms with E-state index in [-0.39, 0.29) is 0 Å². The lowest BCUT2D eigenvalue weighted by Gasteiger charge is -2.25. The summed E-state index contributed by atoms with van der Waals surface area (Å²) in [6, 6.07) is 0. The van der Waals surface area contributed by atoms with E-state index in [0.29, 0.717) is 16.9 Å². The minimum absolute atomic E-state index is 0.373. The lowest BCUT2D eigenvalue weighted by Crippen LogP contribution is -2.35. The lowest BCUT2D eigenvalue weighted by atomic mass is 9.89. The first kappa shape index (κ1) is 16.2. The molecule has 0 radical (unpaired) electrons. The molecule has 0 spiro atoms. The lowest BCUT2D eigenvalue weighted by molar-refractivity contribution is -0.128. The van der Waals surface area contributed by atoms with Gasteiger partial charge in [0, 0.05) is 18.3 Å². The minimum Gasteiger partial charge on any atom is -0.342 e. The van der Waals surface area contributed by atoms with Gasteiger partial charge >= 0.3 is 0 Å². The Bertz CT molecular complexity index is 303. The van der Waals surface area contributed by atoms with Gasteiger partial charge in [0.05, 0.1) is 5.75 Å². The molecule has 0 aromatic carbocycles. The molecule has 0 bridgehead atoms. The molecule has 4 heteroatoms. The molecule has 2 heterocycles. The number of piperidine rings is 1. The number of amides is 1. The molecule has 0 aromatic heterocycles. The van der Waals surface area contributed by atoms with Crippen LogP contribution in [0.2, 0.25) is 0 Å². The number of hydrogen-bond donors (Lipinski definition) is 1. The molecule has 3 nitrogen and oxygen atoms in total. The standard InChI is InChI=1S/C16H30N2OS/c1-13(2)14-4-3-10-18(11-7-14)16(19)12-20-15-5-8-17-9-6-15/h13-15,17H,3-12H2,1-2H3. The second-order valence-corrected chi connectivity index (χ2v) is 7.86. The van der Waals surface area contributed by atoms with E-state index in [1.54, 1.807) is 0 Å². The van der Waals surface area contributed by atoms with Crippen LogP contribution in [0, 0.1) is 11.8 Å². The van der Waals surface area contributed by atoms with Gasteiger partial charge in [-0.3, -0.25) is 4.79 Å². The Morgan fingerprint density at radius 3 is 2.65 bits per heavy atom. The molecule has 2 aliphatic rings. The van der Waals surface area contributed by atoms with Crippen molar-refractivity contribution in [3.05, 3.63) is 0 Å². The molecule has 0 aliphatic carbocycles. The molecule has 2 rings (SSSR count). The summed E-state index contributed by atoms with van der Waals surface area (Å²) in [6.45, 7) is 8.82. The molecule has 2 saturated heterocycles. The summed E-state index contributed by atoms with van der Waals surface area (Å²) >= 11 is 1.88. The molecule has 0 aromatic rings. The minimum atomic E-state index is 0.373. The Hall–Kier alpha value is -0.220. The van der Waals surface area contributed by atoms with Gasteiger partial charge in [0.1, 0.15) is 0 Å². The second-order valence-electron chi connectivity index (χ2n) is 6.58. The van der Waals surface area contributed by atoms with E-state index in [4.69, 9.17) is 0 Å². The molecular weight excluding hydrogens is 268 g/mol. The van der Waals surface area contributed by atoms with Gasteiger partial charge in [0.2, 0.25) is 5.91 Å². The van der Waals surface area contributed by atoms with E-state index >= 15 is 0 Å². The first-order valence-corrected chi connectivity index (χ1v) is 9.32. The maximum Gasteiger partial charge on any atom is 0.232 e. The topological polar surface area (TPSA) is 32.3 Å². The van der Waals surface area contributed by atoms with E-state index in [1.807, 2.05) is 11.8 Å². The predicted molar refractivity (Wildman–Crippen MR) is 87.1 cm³/mol. The van der Waals surface area contributed by atoms with Crippen LogP contribution < -0.4 is 5.32 Å². The highest BCUT2D eigenvalue weighted by Gasteiger charge is 2.23. The quantitative estimate of drug-likeness (QED) is 0.866. The van der Waals surface area contributed by atoms with Crippen LogP contribution >= 0.6 is 11.8 Å². The van der Waals surface area contributed by atoms with Crippen LogP contribution in [0.1, 0.15) is 46.0 Å². The molecule has 1 atom stereocenters. The van der Waals surface area contributed by atoms with Crippen LogP contribution in [0.3, 0.4) is 0 Å². The molecule has 0 saturated carbocycles. The van der Waals surface area contributed by atoms with E-state index in [9.17, 15) is 4.79 Å². The van der Waals surface area contributed by atoms with E-state index in [2.05, 4.69) is 24.1 Å². The fourth-order valence-corrected chi connectivity index (χ4v) is 4.41. The maximum atomic E-state index is 12.4. The first-order valence-electron chi connectivity index (χ1n) is 8.27.